The first-order valence-electron chi connectivity index (χ1n) is 14.3. The number of aryl methyl sites for hydroxylation is 1. The summed E-state index contributed by atoms with van der Waals surface area (Å²) in [6, 6.07) is 11.6. The molecule has 0 amide bonds. The summed E-state index contributed by atoms with van der Waals surface area (Å²) >= 11 is 6.53. The standard InChI is InChI=1S/C21H32ClN3O2.C10H8O6S2/c1-7-25(8-2)11-9-10-14(3)23-17-13-18(26-5)20-19(21(17)27-6)16(22)12-15(4)24-20;11-17(12,13)9-5-1-3-7-8(9)4-2-6-10(7)18(14,15)16/h12-14,23H,7-11H2,1-6H3;1-6H,(H,11,12,13)(H,14,15,16). The van der Waals surface area contributed by atoms with Crippen LogP contribution in [0.4, 0.5) is 5.69 Å². The molecule has 1 atom stereocenters. The monoisotopic (exact) mass is 681 g/mol. The van der Waals surface area contributed by atoms with Crippen LogP contribution in [-0.4, -0.2) is 75.7 Å². The van der Waals surface area contributed by atoms with Crippen LogP contribution in [0.15, 0.2) is 58.3 Å². The van der Waals surface area contributed by atoms with Gasteiger partial charge in [0.2, 0.25) is 0 Å². The fourth-order valence-corrected chi connectivity index (χ4v) is 6.85. The van der Waals surface area contributed by atoms with Gasteiger partial charge in [-0.1, -0.05) is 49.7 Å². The number of nitrogens with one attached hydrogen (secondary N) is 1. The summed E-state index contributed by atoms with van der Waals surface area (Å²) in [4.78, 5) is 6.22. The molecule has 14 heteroatoms. The van der Waals surface area contributed by atoms with E-state index in [2.05, 4.69) is 36.0 Å². The lowest BCUT2D eigenvalue weighted by molar-refractivity contribution is 0.295. The molecule has 0 saturated carbocycles. The van der Waals surface area contributed by atoms with Crippen LogP contribution < -0.4 is 14.8 Å². The lowest BCUT2D eigenvalue weighted by atomic mass is 10.1. The third-order valence-corrected chi connectivity index (χ3v) is 9.43. The third-order valence-electron chi connectivity index (χ3n) is 7.31. The van der Waals surface area contributed by atoms with Gasteiger partial charge in [0.05, 0.1) is 30.3 Å². The van der Waals surface area contributed by atoms with Crippen molar-refractivity contribution in [2.75, 3.05) is 39.2 Å². The molecule has 4 rings (SSSR count). The average Bonchev–Trinajstić information content (AvgIpc) is 2.97. The van der Waals surface area contributed by atoms with Crippen molar-refractivity contribution in [2.45, 2.75) is 56.4 Å². The van der Waals surface area contributed by atoms with E-state index in [1.165, 1.54) is 24.3 Å². The first-order valence-corrected chi connectivity index (χ1v) is 17.6. The van der Waals surface area contributed by atoms with E-state index in [1.54, 1.807) is 14.2 Å². The number of fused-ring (bicyclic) bond motifs is 2. The Kier molecular flexibility index (Phi) is 12.4. The van der Waals surface area contributed by atoms with Crippen LogP contribution in [0.1, 0.15) is 39.3 Å². The van der Waals surface area contributed by atoms with Crippen LogP contribution in [0.5, 0.6) is 11.5 Å². The van der Waals surface area contributed by atoms with E-state index < -0.39 is 30.0 Å². The predicted octanol–water partition coefficient (Wildman–Crippen LogP) is 6.47. The van der Waals surface area contributed by atoms with Crippen LogP contribution in [0.2, 0.25) is 5.02 Å². The van der Waals surface area contributed by atoms with Crippen molar-refractivity contribution in [1.82, 2.24) is 9.88 Å². The van der Waals surface area contributed by atoms with Gasteiger partial charge in [0.15, 0.2) is 5.75 Å². The molecule has 1 heterocycles. The minimum absolute atomic E-state index is 0.0233. The molecule has 11 nitrogen and oxygen atoms in total. The van der Waals surface area contributed by atoms with Crippen LogP contribution in [0.25, 0.3) is 21.7 Å². The summed E-state index contributed by atoms with van der Waals surface area (Å²) < 4.78 is 74.0. The van der Waals surface area contributed by atoms with Gasteiger partial charge in [-0.3, -0.25) is 9.11 Å². The molecule has 0 aliphatic carbocycles. The Hall–Kier alpha value is -3.20. The highest BCUT2D eigenvalue weighted by atomic mass is 35.5. The van der Waals surface area contributed by atoms with Crippen molar-refractivity contribution >= 4 is 59.2 Å². The molecule has 0 bridgehead atoms. The first-order chi connectivity index (χ1) is 21.2. The quantitative estimate of drug-likeness (QED) is 0.141. The zero-order chi connectivity index (χ0) is 33.5. The molecule has 1 aromatic heterocycles. The topological polar surface area (TPSA) is 155 Å². The van der Waals surface area contributed by atoms with Gasteiger partial charge in [-0.2, -0.15) is 16.8 Å². The predicted molar refractivity (Wildman–Crippen MR) is 178 cm³/mol. The maximum atomic E-state index is 11.2. The maximum absolute atomic E-state index is 11.2. The summed E-state index contributed by atoms with van der Waals surface area (Å²) in [5.74, 6) is 1.40. The Balaban J connectivity index is 0.000000265. The molecular formula is C31H40ClN3O8S2. The Labute approximate surface area is 270 Å². The van der Waals surface area contributed by atoms with Gasteiger partial charge in [0, 0.05) is 28.6 Å². The first kappa shape index (κ1) is 36.3. The number of nitrogens with zero attached hydrogens (tertiary/aromatic N) is 2. The van der Waals surface area contributed by atoms with Crippen LogP contribution >= 0.6 is 11.6 Å². The summed E-state index contributed by atoms with van der Waals surface area (Å²) in [6.07, 6.45) is 2.21. The summed E-state index contributed by atoms with van der Waals surface area (Å²) in [6.45, 7) is 11.8. The minimum Gasteiger partial charge on any atom is -0.494 e. The van der Waals surface area contributed by atoms with Crippen LogP contribution in [0, 0.1) is 6.92 Å². The lowest BCUT2D eigenvalue weighted by Gasteiger charge is -2.22. The SMILES string of the molecule is CCN(CC)CCCC(C)Nc1cc(OC)c2nc(C)cc(Cl)c2c1OC.O=S(=O)(O)c1cccc2c(S(=O)(=O)O)cccc12. The Morgan fingerprint density at radius 2 is 1.49 bits per heavy atom. The van der Waals surface area contributed by atoms with Crippen LogP contribution in [-0.2, 0) is 20.2 Å². The fourth-order valence-electron chi connectivity index (χ4n) is 5.10. The van der Waals surface area contributed by atoms with Gasteiger partial charge in [-0.15, -0.1) is 0 Å². The zero-order valence-corrected chi connectivity index (χ0v) is 28.6. The van der Waals surface area contributed by atoms with Gasteiger partial charge in [0.1, 0.15) is 21.1 Å². The minimum atomic E-state index is -4.47. The number of methoxy groups -OCH3 is 2. The molecule has 4 aromatic rings. The molecule has 0 aliphatic heterocycles. The number of halogens is 1. The number of pyridine rings is 1. The molecule has 0 fully saturated rings. The van der Waals surface area contributed by atoms with Crippen molar-refractivity contribution in [3.63, 3.8) is 0 Å². The number of benzene rings is 3. The number of hydrogen-bond acceptors (Lipinski definition) is 9. The van der Waals surface area contributed by atoms with E-state index in [-0.39, 0.29) is 10.8 Å². The number of anilines is 1. The van der Waals surface area contributed by atoms with E-state index >= 15 is 0 Å². The smallest absolute Gasteiger partial charge is 0.295 e. The second-order valence-corrected chi connectivity index (χ2v) is 13.6. The molecule has 0 saturated heterocycles. The molecule has 0 aliphatic rings. The summed E-state index contributed by atoms with van der Waals surface area (Å²) in [5, 5.41) is 5.01. The van der Waals surface area contributed by atoms with E-state index in [0.717, 1.165) is 66.9 Å². The molecule has 246 valence electrons. The highest BCUT2D eigenvalue weighted by Crippen LogP contribution is 2.43. The number of aromatic nitrogens is 1. The van der Waals surface area contributed by atoms with Crippen molar-refractivity contribution in [1.29, 1.82) is 0 Å². The normalized spacial score (nSPS) is 12.6. The zero-order valence-electron chi connectivity index (χ0n) is 26.2. The largest absolute Gasteiger partial charge is 0.494 e. The van der Waals surface area contributed by atoms with Gasteiger partial charge in [0.25, 0.3) is 20.2 Å². The van der Waals surface area contributed by atoms with E-state index in [0.29, 0.717) is 22.6 Å². The van der Waals surface area contributed by atoms with Gasteiger partial charge >= 0.3 is 0 Å². The average molecular weight is 682 g/mol. The summed E-state index contributed by atoms with van der Waals surface area (Å²) in [7, 11) is -5.63. The van der Waals surface area contributed by atoms with Gasteiger partial charge in [-0.25, -0.2) is 4.98 Å². The van der Waals surface area contributed by atoms with Crippen molar-refractivity contribution in [2.24, 2.45) is 0 Å². The third kappa shape index (κ3) is 8.96. The van der Waals surface area contributed by atoms with Gasteiger partial charge in [-0.05, 0) is 64.5 Å². The van der Waals surface area contributed by atoms with Crippen molar-refractivity contribution < 1.29 is 35.4 Å². The van der Waals surface area contributed by atoms with E-state index in [4.69, 9.17) is 30.2 Å². The molecule has 45 heavy (non-hydrogen) atoms. The van der Waals surface area contributed by atoms with E-state index in [9.17, 15) is 16.8 Å². The maximum Gasteiger partial charge on any atom is 0.295 e. The molecule has 3 N–H and O–H groups in total. The molecular weight excluding hydrogens is 642 g/mol. The number of rotatable bonds is 12. The van der Waals surface area contributed by atoms with E-state index in [1.807, 2.05) is 19.1 Å². The van der Waals surface area contributed by atoms with Crippen molar-refractivity contribution in [3.05, 3.63) is 59.2 Å². The number of ether oxygens (including phenoxy) is 2. The Bertz CT molecular complexity index is 1790. The second kappa shape index (κ2) is 15.4. The highest BCUT2D eigenvalue weighted by Gasteiger charge is 2.20. The molecule has 3 aromatic carbocycles. The summed E-state index contributed by atoms with van der Waals surface area (Å²) in [5.41, 5.74) is 2.45. The second-order valence-electron chi connectivity index (χ2n) is 10.4. The Morgan fingerprint density at radius 3 is 1.96 bits per heavy atom. The van der Waals surface area contributed by atoms with Crippen molar-refractivity contribution in [3.8, 4) is 11.5 Å². The molecule has 1 unspecified atom stereocenters. The molecule has 0 radical (unpaired) electrons. The highest BCUT2D eigenvalue weighted by molar-refractivity contribution is 7.86. The van der Waals surface area contributed by atoms with Crippen LogP contribution in [0.3, 0.4) is 0 Å². The molecule has 0 spiro atoms. The lowest BCUT2D eigenvalue weighted by Crippen LogP contribution is -2.25. The fraction of sp³-hybridized carbons (Fsp3) is 0.387. The van der Waals surface area contributed by atoms with Gasteiger partial charge < -0.3 is 19.7 Å². The number of hydrogen-bond donors (Lipinski definition) is 3. The Morgan fingerprint density at radius 1 is 0.933 bits per heavy atom.